The third-order valence-electron chi connectivity index (χ3n) is 2.56. The molecular weight excluding hydrogens is 192 g/mol. The molecule has 0 radical (unpaired) electrons. The van der Waals surface area contributed by atoms with E-state index in [2.05, 4.69) is 4.98 Å². The van der Waals surface area contributed by atoms with Crippen LogP contribution in [-0.2, 0) is 9.53 Å². The smallest absolute Gasteiger partial charge is 0.331 e. The Morgan fingerprint density at radius 3 is 2.67 bits per heavy atom. The van der Waals surface area contributed by atoms with Crippen molar-refractivity contribution in [2.45, 2.75) is 19.4 Å². The van der Waals surface area contributed by atoms with Gasteiger partial charge < -0.3 is 9.64 Å². The summed E-state index contributed by atoms with van der Waals surface area (Å²) < 4.78 is 4.76. The molecule has 0 fully saturated rings. The lowest BCUT2D eigenvalue weighted by molar-refractivity contribution is -0.145. The first-order chi connectivity index (χ1) is 7.00. The largest absolute Gasteiger partial charge is 0.467 e. The Hall–Kier alpha value is -1.58. The standard InChI is InChI=1S/C11H16N2O2/c1-11(2,10(14)15-4)13(3)9-6-5-7-12-8-9/h5-8H,1-4H3. The van der Waals surface area contributed by atoms with E-state index in [1.807, 2.05) is 37.9 Å². The van der Waals surface area contributed by atoms with Gasteiger partial charge in [0.25, 0.3) is 0 Å². The van der Waals surface area contributed by atoms with Crippen molar-refractivity contribution in [2.75, 3.05) is 19.1 Å². The maximum Gasteiger partial charge on any atom is 0.331 e. The Bertz CT molecular complexity index is 336. The predicted molar refractivity (Wildman–Crippen MR) is 58.7 cm³/mol. The van der Waals surface area contributed by atoms with Crippen molar-refractivity contribution < 1.29 is 9.53 Å². The van der Waals surface area contributed by atoms with Crippen molar-refractivity contribution >= 4 is 11.7 Å². The minimum absolute atomic E-state index is 0.270. The third kappa shape index (κ3) is 2.26. The van der Waals surface area contributed by atoms with E-state index < -0.39 is 5.54 Å². The fourth-order valence-corrected chi connectivity index (χ4v) is 1.26. The summed E-state index contributed by atoms with van der Waals surface area (Å²) in [5.74, 6) is -0.270. The number of rotatable bonds is 3. The van der Waals surface area contributed by atoms with Gasteiger partial charge in [-0.1, -0.05) is 0 Å². The molecule has 1 heterocycles. The highest BCUT2D eigenvalue weighted by atomic mass is 16.5. The number of ether oxygens (including phenoxy) is 1. The molecule has 15 heavy (non-hydrogen) atoms. The van der Waals surface area contributed by atoms with Gasteiger partial charge in [0.15, 0.2) is 0 Å². The molecular formula is C11H16N2O2. The highest BCUT2D eigenvalue weighted by Crippen LogP contribution is 2.21. The Kier molecular flexibility index (Phi) is 3.29. The third-order valence-corrected chi connectivity index (χ3v) is 2.56. The predicted octanol–water partition coefficient (Wildman–Crippen LogP) is 1.47. The summed E-state index contributed by atoms with van der Waals surface area (Å²) in [5.41, 5.74) is 0.186. The number of likely N-dealkylation sites (N-methyl/N-ethyl adjacent to an activating group) is 1. The summed E-state index contributed by atoms with van der Waals surface area (Å²) >= 11 is 0. The molecule has 0 saturated heterocycles. The number of aromatic nitrogens is 1. The lowest BCUT2D eigenvalue weighted by Gasteiger charge is -2.34. The van der Waals surface area contributed by atoms with Crippen LogP contribution in [0, 0.1) is 0 Å². The average molecular weight is 208 g/mol. The van der Waals surface area contributed by atoms with Gasteiger partial charge in [-0.3, -0.25) is 4.98 Å². The molecule has 82 valence electrons. The molecule has 0 aliphatic rings. The van der Waals surface area contributed by atoms with Crippen molar-refractivity contribution in [3.05, 3.63) is 24.5 Å². The van der Waals surface area contributed by atoms with E-state index in [0.29, 0.717) is 0 Å². The second kappa shape index (κ2) is 4.29. The molecule has 4 nitrogen and oxygen atoms in total. The Balaban J connectivity index is 2.94. The van der Waals surface area contributed by atoms with E-state index in [1.165, 1.54) is 7.11 Å². The molecule has 1 aromatic heterocycles. The van der Waals surface area contributed by atoms with Crippen LogP contribution in [-0.4, -0.2) is 30.6 Å². The van der Waals surface area contributed by atoms with Gasteiger partial charge in [-0.2, -0.15) is 0 Å². The lowest BCUT2D eigenvalue weighted by atomic mass is 10.0. The van der Waals surface area contributed by atoms with Gasteiger partial charge in [0.2, 0.25) is 0 Å². The molecule has 1 rings (SSSR count). The molecule has 0 N–H and O–H groups in total. The van der Waals surface area contributed by atoms with Crippen LogP contribution in [0.25, 0.3) is 0 Å². The zero-order chi connectivity index (χ0) is 11.5. The molecule has 0 aliphatic heterocycles. The van der Waals surface area contributed by atoms with E-state index in [4.69, 9.17) is 4.74 Å². The fraction of sp³-hybridized carbons (Fsp3) is 0.455. The number of hydrogen-bond donors (Lipinski definition) is 0. The van der Waals surface area contributed by atoms with Crippen LogP contribution in [0.15, 0.2) is 24.5 Å². The first kappa shape index (κ1) is 11.5. The first-order valence-electron chi connectivity index (χ1n) is 4.72. The molecule has 0 amide bonds. The number of carbonyl (C=O) groups is 1. The van der Waals surface area contributed by atoms with Crippen molar-refractivity contribution in [1.82, 2.24) is 4.98 Å². The number of esters is 1. The van der Waals surface area contributed by atoms with Crippen LogP contribution >= 0.6 is 0 Å². The van der Waals surface area contributed by atoms with Gasteiger partial charge in [-0.15, -0.1) is 0 Å². The fourth-order valence-electron chi connectivity index (χ4n) is 1.26. The summed E-state index contributed by atoms with van der Waals surface area (Å²) in [7, 11) is 3.23. The van der Waals surface area contributed by atoms with Gasteiger partial charge in [0, 0.05) is 13.2 Å². The van der Waals surface area contributed by atoms with Crippen molar-refractivity contribution in [3.63, 3.8) is 0 Å². The van der Waals surface area contributed by atoms with Crippen LogP contribution in [0.4, 0.5) is 5.69 Å². The number of pyridine rings is 1. The molecule has 0 spiro atoms. The summed E-state index contributed by atoms with van der Waals surface area (Å²) in [6.07, 6.45) is 3.41. The van der Waals surface area contributed by atoms with Crippen LogP contribution in [0.1, 0.15) is 13.8 Å². The monoisotopic (exact) mass is 208 g/mol. The van der Waals surface area contributed by atoms with Crippen LogP contribution in [0.3, 0.4) is 0 Å². The van der Waals surface area contributed by atoms with Crippen molar-refractivity contribution in [3.8, 4) is 0 Å². The van der Waals surface area contributed by atoms with E-state index in [0.717, 1.165) is 5.69 Å². The maximum atomic E-state index is 11.6. The molecule has 0 unspecified atom stereocenters. The van der Waals surface area contributed by atoms with E-state index in [9.17, 15) is 4.79 Å². The van der Waals surface area contributed by atoms with Crippen LogP contribution in [0.5, 0.6) is 0 Å². The molecule has 1 aromatic rings. The van der Waals surface area contributed by atoms with E-state index in [1.54, 1.807) is 12.4 Å². The van der Waals surface area contributed by atoms with Crippen molar-refractivity contribution in [1.29, 1.82) is 0 Å². The number of carbonyl (C=O) groups excluding carboxylic acids is 1. The number of anilines is 1. The van der Waals surface area contributed by atoms with Gasteiger partial charge in [0.05, 0.1) is 19.0 Å². The summed E-state index contributed by atoms with van der Waals surface area (Å²) in [6, 6.07) is 3.73. The van der Waals surface area contributed by atoms with E-state index >= 15 is 0 Å². The van der Waals surface area contributed by atoms with E-state index in [-0.39, 0.29) is 5.97 Å². The summed E-state index contributed by atoms with van der Waals surface area (Å²) in [4.78, 5) is 17.4. The topological polar surface area (TPSA) is 42.4 Å². The zero-order valence-corrected chi connectivity index (χ0v) is 9.52. The zero-order valence-electron chi connectivity index (χ0n) is 9.52. The molecule has 0 bridgehead atoms. The minimum atomic E-state index is -0.697. The minimum Gasteiger partial charge on any atom is -0.467 e. The quantitative estimate of drug-likeness (QED) is 0.705. The highest BCUT2D eigenvalue weighted by Gasteiger charge is 2.33. The number of methoxy groups -OCH3 is 1. The van der Waals surface area contributed by atoms with Crippen molar-refractivity contribution in [2.24, 2.45) is 0 Å². The second-order valence-electron chi connectivity index (χ2n) is 3.82. The Morgan fingerprint density at radius 2 is 2.20 bits per heavy atom. The maximum absolute atomic E-state index is 11.6. The van der Waals surface area contributed by atoms with Gasteiger partial charge >= 0.3 is 5.97 Å². The first-order valence-corrected chi connectivity index (χ1v) is 4.72. The summed E-state index contributed by atoms with van der Waals surface area (Å²) in [6.45, 7) is 3.62. The number of nitrogens with zero attached hydrogens (tertiary/aromatic N) is 2. The SMILES string of the molecule is COC(=O)C(C)(C)N(C)c1cccnc1. The highest BCUT2D eigenvalue weighted by molar-refractivity contribution is 5.83. The van der Waals surface area contributed by atoms with Crippen LogP contribution < -0.4 is 4.90 Å². The molecule has 0 saturated carbocycles. The number of hydrogen-bond acceptors (Lipinski definition) is 4. The van der Waals surface area contributed by atoms with Gasteiger partial charge in [0.1, 0.15) is 5.54 Å². The molecule has 0 atom stereocenters. The van der Waals surface area contributed by atoms with Crippen LogP contribution in [0.2, 0.25) is 0 Å². The lowest BCUT2D eigenvalue weighted by Crippen LogP contribution is -2.48. The molecule has 0 aliphatic carbocycles. The summed E-state index contributed by atoms with van der Waals surface area (Å²) in [5, 5.41) is 0. The Morgan fingerprint density at radius 1 is 1.53 bits per heavy atom. The average Bonchev–Trinajstić information content (AvgIpc) is 2.28. The molecule has 4 heteroatoms. The molecule has 0 aromatic carbocycles. The van der Waals surface area contributed by atoms with Gasteiger partial charge in [-0.05, 0) is 26.0 Å². The normalized spacial score (nSPS) is 10.9. The van der Waals surface area contributed by atoms with Gasteiger partial charge in [-0.25, -0.2) is 4.79 Å². The second-order valence-corrected chi connectivity index (χ2v) is 3.82. The Labute approximate surface area is 89.9 Å².